The van der Waals surface area contributed by atoms with Gasteiger partial charge < -0.3 is 9.05 Å². The van der Waals surface area contributed by atoms with Gasteiger partial charge in [0.25, 0.3) is 0 Å². The monoisotopic (exact) mass is 346 g/mol. The Bertz CT molecular complexity index is 218. The summed E-state index contributed by atoms with van der Waals surface area (Å²) >= 11 is 0. The van der Waals surface area contributed by atoms with Gasteiger partial charge in [0, 0.05) is 0 Å². The van der Waals surface area contributed by atoms with Gasteiger partial charge in [0.05, 0.1) is 13.2 Å². The summed E-state index contributed by atoms with van der Waals surface area (Å²) in [4.78, 5) is 0. The molecule has 0 aromatic carbocycles. The van der Waals surface area contributed by atoms with Gasteiger partial charge in [-0.1, -0.05) is 66.2 Å². The molecule has 0 amide bonds. The Morgan fingerprint density at radius 3 is 1.48 bits per heavy atom. The van der Waals surface area contributed by atoms with Crippen LogP contribution in [0.15, 0.2) is 0 Å². The van der Waals surface area contributed by atoms with E-state index in [9.17, 15) is 4.57 Å². The normalized spacial score (nSPS) is 15.2. The molecule has 0 N–H and O–H groups in total. The fourth-order valence-electron chi connectivity index (χ4n) is 2.21. The van der Waals surface area contributed by atoms with Crippen molar-refractivity contribution in [2.75, 3.05) is 13.2 Å². The van der Waals surface area contributed by atoms with Crippen LogP contribution in [-0.4, -0.2) is 64.6 Å². The standard InChI is InChI=1S/C16H35O3P.K.H/c1-5-9-11-15(7-3)13-18-20(17)19-14-16(8-4)12-10-6-2;;/h15-16,20H,5-14H2,1-4H3;;. The quantitative estimate of drug-likeness (QED) is 0.320. The molecule has 0 spiro atoms. The van der Waals surface area contributed by atoms with Gasteiger partial charge in [-0.05, 0) is 24.7 Å². The Labute approximate surface area is 175 Å². The Morgan fingerprint density at radius 1 is 0.810 bits per heavy atom. The van der Waals surface area contributed by atoms with E-state index >= 15 is 0 Å². The number of rotatable bonds is 14. The average molecular weight is 347 g/mol. The van der Waals surface area contributed by atoms with E-state index in [0.717, 1.165) is 25.7 Å². The van der Waals surface area contributed by atoms with Gasteiger partial charge >= 0.3 is 59.6 Å². The zero-order valence-corrected chi connectivity index (χ0v) is 15.0. The SMILES string of the molecule is CCCCC(CC)CO[PH](=O)OCC(CC)CCCC.[KH]. The van der Waals surface area contributed by atoms with Crippen LogP contribution in [0.25, 0.3) is 0 Å². The van der Waals surface area contributed by atoms with Crippen LogP contribution in [0.3, 0.4) is 0 Å². The predicted molar refractivity (Wildman–Crippen MR) is 94.7 cm³/mol. The van der Waals surface area contributed by atoms with Crippen molar-refractivity contribution < 1.29 is 13.6 Å². The molecule has 21 heavy (non-hydrogen) atoms. The number of hydrogen-bond donors (Lipinski definition) is 0. The number of unbranched alkanes of at least 4 members (excludes halogenated alkanes) is 2. The van der Waals surface area contributed by atoms with E-state index in [1.165, 1.54) is 25.7 Å². The molecule has 0 fully saturated rings. The zero-order valence-electron chi connectivity index (χ0n) is 14.0. The molecule has 0 radical (unpaired) electrons. The molecule has 0 aliphatic rings. The molecule has 0 aliphatic carbocycles. The fraction of sp³-hybridized carbons (Fsp3) is 1.00. The number of hydrogen-bond acceptors (Lipinski definition) is 3. The Morgan fingerprint density at radius 2 is 1.19 bits per heavy atom. The van der Waals surface area contributed by atoms with Crippen molar-refractivity contribution in [3.05, 3.63) is 0 Å². The maximum atomic E-state index is 11.8. The molecule has 0 aliphatic heterocycles. The van der Waals surface area contributed by atoms with E-state index in [1.54, 1.807) is 0 Å². The van der Waals surface area contributed by atoms with E-state index < -0.39 is 8.25 Å². The summed E-state index contributed by atoms with van der Waals surface area (Å²) in [5, 5.41) is 0. The van der Waals surface area contributed by atoms with Crippen molar-refractivity contribution in [1.29, 1.82) is 0 Å². The maximum absolute atomic E-state index is 11.8. The molecule has 0 rings (SSSR count). The van der Waals surface area contributed by atoms with Crippen LogP contribution in [0, 0.1) is 11.8 Å². The summed E-state index contributed by atoms with van der Waals surface area (Å²) in [7, 11) is -2.30. The second kappa shape index (κ2) is 18.1. The molecular weight excluding hydrogens is 310 g/mol. The van der Waals surface area contributed by atoms with Crippen molar-refractivity contribution in [2.45, 2.75) is 79.1 Å². The van der Waals surface area contributed by atoms with Crippen LogP contribution in [0.2, 0.25) is 0 Å². The first-order valence-electron chi connectivity index (χ1n) is 8.47. The third kappa shape index (κ3) is 15.1. The van der Waals surface area contributed by atoms with Crippen LogP contribution in [0.4, 0.5) is 0 Å². The van der Waals surface area contributed by atoms with Gasteiger partial charge in [-0.25, -0.2) is 0 Å². The van der Waals surface area contributed by atoms with Crippen LogP contribution >= 0.6 is 8.25 Å². The topological polar surface area (TPSA) is 35.5 Å². The first-order chi connectivity index (χ1) is 9.67. The molecular formula is C16H36KO3P. The van der Waals surface area contributed by atoms with Gasteiger partial charge in [0.2, 0.25) is 0 Å². The van der Waals surface area contributed by atoms with Crippen molar-refractivity contribution in [3.8, 4) is 0 Å². The van der Waals surface area contributed by atoms with E-state index in [2.05, 4.69) is 27.7 Å². The summed E-state index contributed by atoms with van der Waals surface area (Å²) in [5.74, 6) is 1.05. The molecule has 2 atom stereocenters. The Hall–Kier alpha value is 1.79. The molecule has 0 heterocycles. The van der Waals surface area contributed by atoms with Gasteiger partial charge in [-0.2, -0.15) is 0 Å². The molecule has 0 saturated carbocycles. The van der Waals surface area contributed by atoms with E-state index in [1.807, 2.05) is 0 Å². The second-order valence-electron chi connectivity index (χ2n) is 5.71. The Balaban J connectivity index is 0. The van der Waals surface area contributed by atoms with Crippen molar-refractivity contribution in [3.63, 3.8) is 0 Å². The van der Waals surface area contributed by atoms with E-state index in [-0.39, 0.29) is 51.4 Å². The van der Waals surface area contributed by atoms with Crippen LogP contribution in [0.5, 0.6) is 0 Å². The molecule has 3 nitrogen and oxygen atoms in total. The van der Waals surface area contributed by atoms with Gasteiger partial charge in [0.15, 0.2) is 0 Å². The summed E-state index contributed by atoms with van der Waals surface area (Å²) in [5.41, 5.74) is 0. The van der Waals surface area contributed by atoms with Crippen molar-refractivity contribution in [2.24, 2.45) is 11.8 Å². The third-order valence-corrected chi connectivity index (χ3v) is 4.77. The molecule has 124 valence electrons. The molecule has 0 aromatic rings. The first kappa shape index (κ1) is 25.0. The van der Waals surface area contributed by atoms with Crippen LogP contribution in [0.1, 0.15) is 79.1 Å². The summed E-state index contributed by atoms with van der Waals surface area (Å²) in [6.45, 7) is 9.89. The van der Waals surface area contributed by atoms with Gasteiger partial charge in [0.1, 0.15) is 0 Å². The average Bonchev–Trinajstić information content (AvgIpc) is 2.47. The minimum absolute atomic E-state index is 0. The van der Waals surface area contributed by atoms with E-state index in [4.69, 9.17) is 9.05 Å². The predicted octanol–water partition coefficient (Wildman–Crippen LogP) is 5.19. The molecule has 0 bridgehead atoms. The van der Waals surface area contributed by atoms with Crippen LogP contribution < -0.4 is 0 Å². The van der Waals surface area contributed by atoms with E-state index in [0.29, 0.717) is 25.0 Å². The minimum atomic E-state index is -2.30. The van der Waals surface area contributed by atoms with Gasteiger partial charge in [-0.3, -0.25) is 4.57 Å². The molecule has 0 saturated heterocycles. The van der Waals surface area contributed by atoms with Gasteiger partial charge in [-0.15, -0.1) is 0 Å². The molecule has 2 unspecified atom stereocenters. The van der Waals surface area contributed by atoms with Crippen molar-refractivity contribution in [1.82, 2.24) is 0 Å². The third-order valence-electron chi connectivity index (χ3n) is 3.96. The summed E-state index contributed by atoms with van der Waals surface area (Å²) in [6.07, 6.45) is 9.35. The zero-order chi connectivity index (χ0) is 15.2. The summed E-state index contributed by atoms with van der Waals surface area (Å²) < 4.78 is 22.6. The second-order valence-corrected chi connectivity index (χ2v) is 6.78. The van der Waals surface area contributed by atoms with Crippen LogP contribution in [-0.2, 0) is 13.6 Å². The summed E-state index contributed by atoms with van der Waals surface area (Å²) in [6, 6.07) is 0. The van der Waals surface area contributed by atoms with Crippen molar-refractivity contribution >= 4 is 59.6 Å². The molecule has 5 heteroatoms. The fourth-order valence-corrected chi connectivity index (χ4v) is 3.04. The first-order valence-corrected chi connectivity index (χ1v) is 9.69. The molecule has 0 aromatic heterocycles. The Kier molecular flexibility index (Phi) is 21.6.